The Labute approximate surface area is 67.0 Å². The molecule has 0 aromatic heterocycles. The number of hydrogen-bond donors (Lipinski definition) is 2. The van der Waals surface area contributed by atoms with Crippen LogP contribution in [0.4, 0.5) is 0 Å². The third kappa shape index (κ3) is 3.90. The van der Waals surface area contributed by atoms with E-state index in [4.69, 9.17) is 9.79 Å². The van der Waals surface area contributed by atoms with Gasteiger partial charge in [0.2, 0.25) is 0 Å². The minimum absolute atomic E-state index is 0.104. The highest BCUT2D eigenvalue weighted by molar-refractivity contribution is 7.51. The van der Waals surface area contributed by atoms with E-state index in [1.165, 1.54) is 6.42 Å². The Morgan fingerprint density at radius 2 is 1.73 bits per heavy atom. The zero-order chi connectivity index (χ0) is 8.32. The summed E-state index contributed by atoms with van der Waals surface area (Å²) < 4.78 is 10.6. The van der Waals surface area contributed by atoms with E-state index in [1.807, 2.05) is 0 Å². The Morgan fingerprint density at radius 1 is 1.18 bits per heavy atom. The van der Waals surface area contributed by atoms with Gasteiger partial charge in [-0.05, 0) is 18.8 Å². The first kappa shape index (κ1) is 9.24. The molecule has 0 atom stereocenters. The van der Waals surface area contributed by atoms with E-state index < -0.39 is 7.60 Å². The monoisotopic (exact) mass is 178 g/mol. The second kappa shape index (κ2) is 3.70. The average molecular weight is 178 g/mol. The minimum atomic E-state index is -3.73. The van der Waals surface area contributed by atoms with Crippen molar-refractivity contribution in [3.8, 4) is 0 Å². The average Bonchev–Trinajstić information content (AvgIpc) is 1.85. The van der Waals surface area contributed by atoms with E-state index in [2.05, 4.69) is 0 Å². The highest BCUT2D eigenvalue weighted by atomic mass is 31.2. The van der Waals surface area contributed by atoms with Gasteiger partial charge in [0.1, 0.15) is 0 Å². The Morgan fingerprint density at radius 3 is 2.18 bits per heavy atom. The lowest BCUT2D eigenvalue weighted by atomic mass is 9.91. The van der Waals surface area contributed by atoms with Crippen LogP contribution in [0.2, 0.25) is 0 Å². The quantitative estimate of drug-likeness (QED) is 0.633. The van der Waals surface area contributed by atoms with Crippen molar-refractivity contribution in [2.75, 3.05) is 6.16 Å². The van der Waals surface area contributed by atoms with Gasteiger partial charge >= 0.3 is 7.60 Å². The van der Waals surface area contributed by atoms with Gasteiger partial charge in [0.15, 0.2) is 0 Å². The summed E-state index contributed by atoms with van der Waals surface area (Å²) in [5.74, 6) is 0.282. The third-order valence-corrected chi connectivity index (χ3v) is 3.21. The molecule has 3 nitrogen and oxygen atoms in total. The molecule has 1 aliphatic carbocycles. The van der Waals surface area contributed by atoms with E-state index >= 15 is 0 Å². The molecule has 1 saturated carbocycles. The first-order valence-electron chi connectivity index (χ1n) is 4.12. The molecule has 1 aliphatic rings. The lowest BCUT2D eigenvalue weighted by Crippen LogP contribution is -2.10. The fourth-order valence-electron chi connectivity index (χ4n) is 1.71. The van der Waals surface area contributed by atoms with Crippen molar-refractivity contribution < 1.29 is 14.4 Å². The fourth-order valence-corrected chi connectivity index (χ4v) is 2.74. The topological polar surface area (TPSA) is 57.5 Å². The molecule has 0 aromatic rings. The smallest absolute Gasteiger partial charge is 0.324 e. The molecule has 4 heteroatoms. The Bertz CT molecular complexity index is 157. The van der Waals surface area contributed by atoms with Crippen molar-refractivity contribution in [2.45, 2.75) is 32.1 Å². The second-order valence-electron chi connectivity index (χ2n) is 3.35. The normalized spacial score (nSPS) is 22.0. The maximum atomic E-state index is 10.6. The molecule has 2 N–H and O–H groups in total. The number of rotatable bonds is 2. The zero-order valence-corrected chi connectivity index (χ0v) is 7.46. The largest absolute Gasteiger partial charge is 0.325 e. The Hall–Kier alpha value is 0.150. The van der Waals surface area contributed by atoms with Gasteiger partial charge in [-0.3, -0.25) is 4.57 Å². The molecule has 0 heterocycles. The van der Waals surface area contributed by atoms with Crippen molar-refractivity contribution in [2.24, 2.45) is 5.92 Å². The number of hydrogen-bond acceptors (Lipinski definition) is 1. The summed E-state index contributed by atoms with van der Waals surface area (Å²) in [4.78, 5) is 17.4. The maximum Gasteiger partial charge on any atom is 0.325 e. The molecule has 66 valence electrons. The summed E-state index contributed by atoms with van der Waals surface area (Å²) in [7, 11) is -3.73. The molecule has 0 unspecified atom stereocenters. The van der Waals surface area contributed by atoms with Crippen LogP contribution in [0.15, 0.2) is 0 Å². The van der Waals surface area contributed by atoms with E-state index in [9.17, 15) is 4.57 Å². The molecule has 1 fully saturated rings. The Balaban J connectivity index is 2.30. The van der Waals surface area contributed by atoms with Crippen molar-refractivity contribution in [3.05, 3.63) is 0 Å². The fraction of sp³-hybridized carbons (Fsp3) is 1.00. The van der Waals surface area contributed by atoms with Crippen LogP contribution in [-0.2, 0) is 4.57 Å². The summed E-state index contributed by atoms with van der Waals surface area (Å²) in [6.45, 7) is 0. The van der Waals surface area contributed by atoms with Crippen LogP contribution in [0.25, 0.3) is 0 Å². The van der Waals surface area contributed by atoms with Gasteiger partial charge in [0, 0.05) is 0 Å². The molecule has 0 aromatic carbocycles. The molecular formula is C7H15O3P. The summed E-state index contributed by atoms with van der Waals surface area (Å²) in [6.07, 6.45) is 5.64. The summed E-state index contributed by atoms with van der Waals surface area (Å²) in [5.41, 5.74) is 0. The van der Waals surface area contributed by atoms with Gasteiger partial charge in [-0.25, -0.2) is 0 Å². The molecule has 0 spiro atoms. The van der Waals surface area contributed by atoms with Crippen LogP contribution < -0.4 is 0 Å². The van der Waals surface area contributed by atoms with Gasteiger partial charge in [0.25, 0.3) is 0 Å². The van der Waals surface area contributed by atoms with Gasteiger partial charge in [-0.2, -0.15) is 0 Å². The molecule has 0 bridgehead atoms. The Kier molecular flexibility index (Phi) is 3.11. The second-order valence-corrected chi connectivity index (χ2v) is 5.05. The van der Waals surface area contributed by atoms with Crippen LogP contribution >= 0.6 is 7.60 Å². The van der Waals surface area contributed by atoms with Crippen LogP contribution in [0.5, 0.6) is 0 Å². The van der Waals surface area contributed by atoms with Gasteiger partial charge < -0.3 is 9.79 Å². The third-order valence-electron chi connectivity index (χ3n) is 2.22. The minimum Gasteiger partial charge on any atom is -0.324 e. The zero-order valence-electron chi connectivity index (χ0n) is 6.57. The van der Waals surface area contributed by atoms with E-state index in [1.54, 1.807) is 0 Å². The van der Waals surface area contributed by atoms with Crippen LogP contribution in [0, 0.1) is 5.92 Å². The molecule has 0 amide bonds. The van der Waals surface area contributed by atoms with Gasteiger partial charge in [0.05, 0.1) is 6.16 Å². The summed E-state index contributed by atoms with van der Waals surface area (Å²) >= 11 is 0. The summed E-state index contributed by atoms with van der Waals surface area (Å²) in [6, 6.07) is 0. The molecule has 0 radical (unpaired) electrons. The highest BCUT2D eigenvalue weighted by Crippen LogP contribution is 2.40. The maximum absolute atomic E-state index is 10.6. The molecule has 0 saturated heterocycles. The molecular weight excluding hydrogens is 163 g/mol. The lowest BCUT2D eigenvalue weighted by Gasteiger charge is -2.21. The molecule has 11 heavy (non-hydrogen) atoms. The highest BCUT2D eigenvalue weighted by Gasteiger charge is 2.22. The van der Waals surface area contributed by atoms with Gasteiger partial charge in [-0.15, -0.1) is 0 Å². The van der Waals surface area contributed by atoms with Crippen molar-refractivity contribution in [1.82, 2.24) is 0 Å². The van der Waals surface area contributed by atoms with E-state index in [0.717, 1.165) is 25.7 Å². The van der Waals surface area contributed by atoms with Crippen LogP contribution in [0.1, 0.15) is 32.1 Å². The van der Waals surface area contributed by atoms with Crippen molar-refractivity contribution in [3.63, 3.8) is 0 Å². The molecule has 1 rings (SSSR count). The SMILES string of the molecule is O=P(O)(O)CC1CCCCC1. The van der Waals surface area contributed by atoms with Crippen molar-refractivity contribution in [1.29, 1.82) is 0 Å². The standard InChI is InChI=1S/C7H15O3P/c8-11(9,10)6-7-4-2-1-3-5-7/h7H,1-6H2,(H2,8,9,10). The predicted molar refractivity (Wildman–Crippen MR) is 43.5 cm³/mol. The van der Waals surface area contributed by atoms with E-state index in [0.29, 0.717) is 0 Å². The van der Waals surface area contributed by atoms with E-state index in [-0.39, 0.29) is 12.1 Å². The predicted octanol–water partition coefficient (Wildman–Crippen LogP) is 1.74. The first-order valence-corrected chi connectivity index (χ1v) is 5.92. The van der Waals surface area contributed by atoms with Crippen molar-refractivity contribution >= 4 is 7.60 Å². The van der Waals surface area contributed by atoms with Crippen LogP contribution in [-0.4, -0.2) is 15.9 Å². The summed E-state index contributed by atoms with van der Waals surface area (Å²) in [5, 5.41) is 0. The lowest BCUT2D eigenvalue weighted by molar-refractivity contribution is 0.332. The molecule has 0 aliphatic heterocycles. The van der Waals surface area contributed by atoms with Crippen LogP contribution in [0.3, 0.4) is 0 Å². The first-order chi connectivity index (χ1) is 5.08. The van der Waals surface area contributed by atoms with Gasteiger partial charge in [-0.1, -0.05) is 19.3 Å².